The van der Waals surface area contributed by atoms with E-state index in [1.54, 1.807) is 4.90 Å². The number of hydrogen-bond acceptors (Lipinski definition) is 4. The van der Waals surface area contributed by atoms with Crippen LogP contribution < -0.4 is 4.90 Å². The van der Waals surface area contributed by atoms with Gasteiger partial charge in [-0.25, -0.2) is 9.59 Å². The van der Waals surface area contributed by atoms with Gasteiger partial charge in [0, 0.05) is 5.56 Å². The number of rotatable bonds is 2. The van der Waals surface area contributed by atoms with Crippen molar-refractivity contribution in [1.29, 1.82) is 0 Å². The number of methoxy groups -OCH3 is 1. The maximum Gasteiger partial charge on any atom is 0.415 e. The number of hydrogen-bond donors (Lipinski definition) is 0. The molecule has 0 radical (unpaired) electrons. The average Bonchev–Trinajstić information content (AvgIpc) is 3.01. The van der Waals surface area contributed by atoms with Gasteiger partial charge in [-0.15, -0.1) is 0 Å². The van der Waals surface area contributed by atoms with Gasteiger partial charge in [0.15, 0.2) is 0 Å². The van der Waals surface area contributed by atoms with Gasteiger partial charge in [0.1, 0.15) is 5.60 Å². The van der Waals surface area contributed by atoms with E-state index >= 15 is 0 Å². The Morgan fingerprint density at radius 1 is 0.963 bits per heavy atom. The molecule has 0 N–H and O–H groups in total. The van der Waals surface area contributed by atoms with Crippen LogP contribution in [-0.2, 0) is 14.3 Å². The highest BCUT2D eigenvalue weighted by atomic mass is 16.6. The minimum absolute atomic E-state index is 0.244. The van der Waals surface area contributed by atoms with Crippen LogP contribution in [0.25, 0.3) is 11.1 Å². The van der Waals surface area contributed by atoms with Crippen molar-refractivity contribution < 1.29 is 19.1 Å². The fourth-order valence-electron chi connectivity index (χ4n) is 3.11. The van der Waals surface area contributed by atoms with E-state index in [9.17, 15) is 9.59 Å². The number of amides is 1. The molecule has 0 atom stereocenters. The number of esters is 1. The van der Waals surface area contributed by atoms with E-state index < -0.39 is 17.7 Å². The summed E-state index contributed by atoms with van der Waals surface area (Å²) in [6, 6.07) is 16.8. The summed E-state index contributed by atoms with van der Waals surface area (Å²) in [7, 11) is 1.36. The molecule has 0 saturated carbocycles. The second-order valence-corrected chi connectivity index (χ2v) is 7.29. The average molecular weight is 365 g/mol. The smallest absolute Gasteiger partial charge is 0.415 e. The molecule has 1 aliphatic heterocycles. The van der Waals surface area contributed by atoms with Gasteiger partial charge in [-0.3, -0.25) is 4.90 Å². The summed E-state index contributed by atoms with van der Waals surface area (Å²) in [5.74, 6) is -0.433. The minimum atomic E-state index is -0.608. The summed E-state index contributed by atoms with van der Waals surface area (Å²) >= 11 is 0. The summed E-state index contributed by atoms with van der Waals surface area (Å²) in [5.41, 5.74) is 2.89. The van der Waals surface area contributed by atoms with Crippen LogP contribution in [0.4, 0.5) is 10.5 Å². The van der Waals surface area contributed by atoms with Crippen molar-refractivity contribution in [2.45, 2.75) is 26.4 Å². The number of nitrogens with zero attached hydrogens (tertiary/aromatic N) is 1. The first-order chi connectivity index (χ1) is 12.8. The van der Waals surface area contributed by atoms with E-state index in [1.807, 2.05) is 75.4 Å². The molecular formula is C22H23NO4. The van der Waals surface area contributed by atoms with E-state index in [0.29, 0.717) is 5.57 Å². The van der Waals surface area contributed by atoms with E-state index in [2.05, 4.69) is 0 Å². The van der Waals surface area contributed by atoms with E-state index in [-0.39, 0.29) is 6.54 Å². The van der Waals surface area contributed by atoms with Gasteiger partial charge in [0.25, 0.3) is 0 Å². The molecule has 1 aliphatic rings. The van der Waals surface area contributed by atoms with Crippen LogP contribution in [0.3, 0.4) is 0 Å². The Labute approximate surface area is 159 Å². The lowest BCUT2D eigenvalue weighted by molar-refractivity contribution is -0.133. The third-order valence-corrected chi connectivity index (χ3v) is 4.20. The molecule has 27 heavy (non-hydrogen) atoms. The maximum absolute atomic E-state index is 12.7. The molecule has 140 valence electrons. The molecule has 1 heterocycles. The molecular weight excluding hydrogens is 342 g/mol. The van der Waals surface area contributed by atoms with E-state index in [1.165, 1.54) is 7.11 Å². The highest BCUT2D eigenvalue weighted by Crippen LogP contribution is 2.40. The summed E-state index contributed by atoms with van der Waals surface area (Å²) in [6.45, 7) is 5.72. The molecule has 0 bridgehead atoms. The molecule has 2 aromatic rings. The summed E-state index contributed by atoms with van der Waals surface area (Å²) in [6.07, 6.45) is -0.442. The first-order valence-electron chi connectivity index (χ1n) is 8.78. The molecule has 5 nitrogen and oxygen atoms in total. The zero-order valence-electron chi connectivity index (χ0n) is 16.0. The molecule has 0 fully saturated rings. The van der Waals surface area contributed by atoms with Gasteiger partial charge < -0.3 is 9.47 Å². The number of fused-ring (bicyclic) bond motifs is 1. The largest absolute Gasteiger partial charge is 0.465 e. The van der Waals surface area contributed by atoms with Gasteiger partial charge in [0.2, 0.25) is 0 Å². The maximum atomic E-state index is 12.7. The molecule has 0 aliphatic carbocycles. The van der Waals surface area contributed by atoms with Crippen molar-refractivity contribution in [3.63, 3.8) is 0 Å². The lowest BCUT2D eigenvalue weighted by Gasteiger charge is -2.24. The monoisotopic (exact) mass is 365 g/mol. The van der Waals surface area contributed by atoms with E-state index in [4.69, 9.17) is 9.47 Å². The predicted molar refractivity (Wildman–Crippen MR) is 105 cm³/mol. The molecule has 1 amide bonds. The SMILES string of the molecule is COC(=O)/C(=C1\CN(C(=O)OC(C)(C)C)c2ccccc21)c1ccccc1. The Kier molecular flexibility index (Phi) is 5.04. The van der Waals surface area contributed by atoms with Crippen molar-refractivity contribution >= 4 is 28.9 Å². The number of ether oxygens (including phenoxy) is 2. The van der Waals surface area contributed by atoms with Crippen LogP contribution in [0.5, 0.6) is 0 Å². The molecule has 0 aromatic heterocycles. The third-order valence-electron chi connectivity index (χ3n) is 4.20. The first kappa shape index (κ1) is 18.7. The van der Waals surface area contributed by atoms with Gasteiger partial charge in [-0.1, -0.05) is 48.5 Å². The third kappa shape index (κ3) is 3.87. The predicted octanol–water partition coefficient (Wildman–Crippen LogP) is 4.53. The highest BCUT2D eigenvalue weighted by molar-refractivity contribution is 6.27. The van der Waals surface area contributed by atoms with Crippen molar-refractivity contribution in [1.82, 2.24) is 0 Å². The lowest BCUT2D eigenvalue weighted by Crippen LogP contribution is -2.35. The Hall–Kier alpha value is -3.08. The normalized spacial score (nSPS) is 15.2. The second-order valence-electron chi connectivity index (χ2n) is 7.29. The zero-order chi connectivity index (χ0) is 19.6. The van der Waals surface area contributed by atoms with Crippen molar-refractivity contribution in [2.24, 2.45) is 0 Å². The second kappa shape index (κ2) is 7.27. The number of carbonyl (C=O) groups excluding carboxylic acids is 2. The Morgan fingerprint density at radius 2 is 1.59 bits per heavy atom. The molecule has 5 heteroatoms. The number of anilines is 1. The van der Waals surface area contributed by atoms with Crippen LogP contribution in [0.1, 0.15) is 31.9 Å². The Balaban J connectivity index is 2.14. The number of carbonyl (C=O) groups is 2. The van der Waals surface area contributed by atoms with Crippen LogP contribution in [-0.4, -0.2) is 31.3 Å². The first-order valence-corrected chi connectivity index (χ1v) is 8.78. The fourth-order valence-corrected chi connectivity index (χ4v) is 3.11. The van der Waals surface area contributed by atoms with Crippen molar-refractivity contribution in [3.8, 4) is 0 Å². The van der Waals surface area contributed by atoms with Crippen LogP contribution in [0.2, 0.25) is 0 Å². The van der Waals surface area contributed by atoms with Gasteiger partial charge in [-0.05, 0) is 38.0 Å². The zero-order valence-corrected chi connectivity index (χ0v) is 16.0. The number of benzene rings is 2. The fraction of sp³-hybridized carbons (Fsp3) is 0.273. The Bertz CT molecular complexity index is 894. The molecule has 0 unspecified atom stereocenters. The summed E-state index contributed by atoms with van der Waals surface area (Å²) in [5, 5.41) is 0. The molecule has 0 saturated heterocycles. The van der Waals surface area contributed by atoms with Crippen molar-refractivity contribution in [2.75, 3.05) is 18.6 Å². The number of para-hydroxylation sites is 1. The topological polar surface area (TPSA) is 55.8 Å². The molecule has 3 rings (SSSR count). The highest BCUT2D eigenvalue weighted by Gasteiger charge is 2.34. The van der Waals surface area contributed by atoms with E-state index in [0.717, 1.165) is 22.4 Å². The standard InChI is InChI=1S/C22H23NO4/c1-22(2,3)27-21(25)23-14-17(16-12-8-9-13-18(16)23)19(20(24)26-4)15-10-6-5-7-11-15/h5-13H,14H2,1-4H3/b19-17+. The minimum Gasteiger partial charge on any atom is -0.465 e. The lowest BCUT2D eigenvalue weighted by atomic mass is 9.96. The van der Waals surface area contributed by atoms with Crippen molar-refractivity contribution in [3.05, 3.63) is 65.7 Å². The van der Waals surface area contributed by atoms with Gasteiger partial charge >= 0.3 is 12.1 Å². The summed E-state index contributed by atoms with van der Waals surface area (Å²) < 4.78 is 10.6. The van der Waals surface area contributed by atoms with Gasteiger partial charge in [-0.2, -0.15) is 0 Å². The van der Waals surface area contributed by atoms with Crippen LogP contribution in [0, 0.1) is 0 Å². The quantitative estimate of drug-likeness (QED) is 0.580. The molecule has 2 aromatic carbocycles. The Morgan fingerprint density at radius 3 is 2.22 bits per heavy atom. The van der Waals surface area contributed by atoms with Crippen LogP contribution in [0.15, 0.2) is 54.6 Å². The van der Waals surface area contributed by atoms with Crippen LogP contribution >= 0.6 is 0 Å². The molecule has 0 spiro atoms. The van der Waals surface area contributed by atoms with Gasteiger partial charge in [0.05, 0.1) is 24.9 Å². The summed E-state index contributed by atoms with van der Waals surface area (Å²) in [4.78, 5) is 26.9.